The van der Waals surface area contributed by atoms with Gasteiger partial charge >= 0.3 is 0 Å². The van der Waals surface area contributed by atoms with Gasteiger partial charge in [-0.2, -0.15) is 0 Å². The second-order valence-corrected chi connectivity index (χ2v) is 5.33. The lowest BCUT2D eigenvalue weighted by molar-refractivity contribution is -0.129. The van der Waals surface area contributed by atoms with Gasteiger partial charge in [0.05, 0.1) is 17.1 Å². The van der Waals surface area contributed by atoms with Gasteiger partial charge in [0.15, 0.2) is 0 Å². The monoisotopic (exact) mass is 253 g/mol. The Morgan fingerprint density at radius 3 is 2.94 bits per heavy atom. The average molecular weight is 253 g/mol. The summed E-state index contributed by atoms with van der Waals surface area (Å²) >= 11 is 1.64. The van der Waals surface area contributed by atoms with E-state index in [4.69, 9.17) is 5.73 Å². The lowest BCUT2D eigenvalue weighted by Gasteiger charge is -2.13. The zero-order valence-electron chi connectivity index (χ0n) is 10.0. The van der Waals surface area contributed by atoms with Crippen LogP contribution in [0.2, 0.25) is 0 Å². The van der Waals surface area contributed by atoms with Gasteiger partial charge in [0.25, 0.3) is 0 Å². The molecule has 4 nitrogen and oxygen atoms in total. The molecule has 1 saturated heterocycles. The van der Waals surface area contributed by atoms with Crippen LogP contribution in [0.25, 0.3) is 0 Å². The van der Waals surface area contributed by atoms with Gasteiger partial charge in [-0.1, -0.05) is 0 Å². The molecule has 0 saturated carbocycles. The molecule has 94 valence electrons. The number of carbonyl (C=O) groups is 1. The summed E-state index contributed by atoms with van der Waals surface area (Å²) in [6, 6.07) is 0. The molecule has 2 rings (SSSR count). The first-order chi connectivity index (χ1) is 8.29. The molecule has 1 aliphatic heterocycles. The van der Waals surface area contributed by atoms with Crippen LogP contribution in [0.5, 0.6) is 0 Å². The van der Waals surface area contributed by atoms with Crippen molar-refractivity contribution < 1.29 is 4.79 Å². The fraction of sp³-hybridized carbons (Fsp3) is 0.667. The Bertz CT molecular complexity index is 372. The van der Waals surface area contributed by atoms with E-state index in [9.17, 15) is 4.79 Å². The van der Waals surface area contributed by atoms with E-state index in [0.29, 0.717) is 13.0 Å². The Kier molecular flexibility index (Phi) is 4.50. The number of aryl methyl sites for hydroxylation is 1. The van der Waals surface area contributed by atoms with Gasteiger partial charge in [0, 0.05) is 24.9 Å². The molecule has 1 aliphatic rings. The number of carbonyl (C=O) groups excluding carboxylic acids is 1. The summed E-state index contributed by atoms with van der Waals surface area (Å²) in [5.74, 6) is 0.221. The molecule has 0 unspecified atom stereocenters. The summed E-state index contributed by atoms with van der Waals surface area (Å²) in [4.78, 5) is 18.3. The summed E-state index contributed by atoms with van der Waals surface area (Å²) in [5.41, 5.74) is 6.38. The van der Waals surface area contributed by atoms with Crippen molar-refractivity contribution >= 4 is 17.2 Å². The molecule has 0 bridgehead atoms. The van der Waals surface area contributed by atoms with Crippen molar-refractivity contribution in [2.24, 2.45) is 5.73 Å². The van der Waals surface area contributed by atoms with E-state index in [1.54, 1.807) is 11.3 Å². The molecule has 0 atom stereocenters. The third-order valence-electron chi connectivity index (χ3n) is 2.99. The first-order valence-corrected chi connectivity index (χ1v) is 7.08. The molecule has 1 amide bonds. The Hall–Kier alpha value is -0.940. The highest BCUT2D eigenvalue weighted by molar-refractivity contribution is 7.09. The van der Waals surface area contributed by atoms with Crippen LogP contribution < -0.4 is 5.73 Å². The van der Waals surface area contributed by atoms with Crippen molar-refractivity contribution in [3.8, 4) is 0 Å². The third-order valence-corrected chi connectivity index (χ3v) is 3.94. The van der Waals surface area contributed by atoms with Crippen LogP contribution in [0.4, 0.5) is 0 Å². The SMILES string of the molecule is NCCCc1nc(CC(=O)N2CCCC2)cs1. The maximum absolute atomic E-state index is 11.9. The van der Waals surface area contributed by atoms with E-state index in [0.717, 1.165) is 49.5 Å². The molecule has 2 heterocycles. The first kappa shape index (κ1) is 12.5. The van der Waals surface area contributed by atoms with Crippen molar-refractivity contribution in [1.29, 1.82) is 0 Å². The van der Waals surface area contributed by atoms with Gasteiger partial charge in [0.1, 0.15) is 0 Å². The highest BCUT2D eigenvalue weighted by Crippen LogP contribution is 2.14. The number of amides is 1. The van der Waals surface area contributed by atoms with Crippen LogP contribution in [0, 0.1) is 0 Å². The van der Waals surface area contributed by atoms with Crippen molar-refractivity contribution in [1.82, 2.24) is 9.88 Å². The summed E-state index contributed by atoms with van der Waals surface area (Å²) in [7, 11) is 0. The van der Waals surface area contributed by atoms with Gasteiger partial charge in [-0.3, -0.25) is 4.79 Å². The van der Waals surface area contributed by atoms with Gasteiger partial charge < -0.3 is 10.6 Å². The summed E-state index contributed by atoms with van der Waals surface area (Å²) in [6.07, 6.45) is 4.64. The maximum Gasteiger partial charge on any atom is 0.228 e. The molecule has 1 fully saturated rings. The molecule has 0 spiro atoms. The van der Waals surface area contributed by atoms with Crippen molar-refractivity contribution in [2.75, 3.05) is 19.6 Å². The lowest BCUT2D eigenvalue weighted by Crippen LogP contribution is -2.29. The van der Waals surface area contributed by atoms with Crippen molar-refractivity contribution in [3.63, 3.8) is 0 Å². The van der Waals surface area contributed by atoms with E-state index in [1.807, 2.05) is 10.3 Å². The zero-order chi connectivity index (χ0) is 12.1. The zero-order valence-corrected chi connectivity index (χ0v) is 10.8. The normalized spacial score (nSPS) is 15.5. The van der Waals surface area contributed by atoms with Gasteiger partial charge in [-0.25, -0.2) is 4.98 Å². The minimum atomic E-state index is 0.221. The predicted molar refractivity (Wildman–Crippen MR) is 69.0 cm³/mol. The molecule has 2 N–H and O–H groups in total. The highest BCUT2D eigenvalue weighted by atomic mass is 32.1. The molecule has 5 heteroatoms. The summed E-state index contributed by atoms with van der Waals surface area (Å²) in [5, 5.41) is 3.10. The van der Waals surface area contributed by atoms with Crippen LogP contribution in [-0.2, 0) is 17.6 Å². The Morgan fingerprint density at radius 2 is 2.24 bits per heavy atom. The molecule has 1 aromatic heterocycles. The number of aromatic nitrogens is 1. The molecule has 0 radical (unpaired) electrons. The van der Waals surface area contributed by atoms with Crippen molar-refractivity contribution in [3.05, 3.63) is 16.1 Å². The fourth-order valence-corrected chi connectivity index (χ4v) is 2.87. The largest absolute Gasteiger partial charge is 0.342 e. The molecule has 1 aromatic rings. The number of nitrogens with two attached hydrogens (primary N) is 1. The van der Waals surface area contributed by atoms with Crippen LogP contribution >= 0.6 is 11.3 Å². The van der Waals surface area contributed by atoms with Crippen LogP contribution in [0.15, 0.2) is 5.38 Å². The molecular formula is C12H19N3OS. The smallest absolute Gasteiger partial charge is 0.228 e. The fourth-order valence-electron chi connectivity index (χ4n) is 2.03. The molecule has 0 aromatic carbocycles. The molecule has 17 heavy (non-hydrogen) atoms. The lowest BCUT2D eigenvalue weighted by atomic mass is 10.3. The number of nitrogens with zero attached hydrogens (tertiary/aromatic N) is 2. The van der Waals surface area contributed by atoms with E-state index < -0.39 is 0 Å². The average Bonchev–Trinajstić information content (AvgIpc) is 2.97. The van der Waals surface area contributed by atoms with Gasteiger partial charge in [0.2, 0.25) is 5.91 Å². The minimum absolute atomic E-state index is 0.221. The standard InChI is InChI=1S/C12H19N3OS/c13-5-3-4-11-14-10(9-17-11)8-12(16)15-6-1-2-7-15/h9H,1-8,13H2. The first-order valence-electron chi connectivity index (χ1n) is 6.20. The number of thiazole rings is 1. The van der Waals surface area contributed by atoms with Crippen LogP contribution in [0.1, 0.15) is 30.0 Å². The van der Waals surface area contributed by atoms with Crippen LogP contribution in [0.3, 0.4) is 0 Å². The van der Waals surface area contributed by atoms with Crippen molar-refractivity contribution in [2.45, 2.75) is 32.1 Å². The topological polar surface area (TPSA) is 59.2 Å². The number of hydrogen-bond donors (Lipinski definition) is 1. The maximum atomic E-state index is 11.9. The van der Waals surface area contributed by atoms with E-state index in [1.165, 1.54) is 0 Å². The van der Waals surface area contributed by atoms with E-state index >= 15 is 0 Å². The van der Waals surface area contributed by atoms with E-state index in [-0.39, 0.29) is 5.91 Å². The second-order valence-electron chi connectivity index (χ2n) is 4.39. The number of hydrogen-bond acceptors (Lipinski definition) is 4. The Labute approximate surface area is 106 Å². The third kappa shape index (κ3) is 3.51. The van der Waals surface area contributed by atoms with E-state index in [2.05, 4.69) is 4.98 Å². The predicted octanol–water partition coefficient (Wildman–Crippen LogP) is 1.20. The molecule has 0 aliphatic carbocycles. The van der Waals surface area contributed by atoms with Gasteiger partial charge in [-0.15, -0.1) is 11.3 Å². The number of likely N-dealkylation sites (tertiary alicyclic amines) is 1. The molecular weight excluding hydrogens is 234 g/mol. The highest BCUT2D eigenvalue weighted by Gasteiger charge is 2.18. The second kappa shape index (κ2) is 6.12. The van der Waals surface area contributed by atoms with Gasteiger partial charge in [-0.05, 0) is 25.8 Å². The number of rotatable bonds is 5. The Morgan fingerprint density at radius 1 is 1.47 bits per heavy atom. The minimum Gasteiger partial charge on any atom is -0.342 e. The van der Waals surface area contributed by atoms with Crippen LogP contribution in [-0.4, -0.2) is 35.4 Å². The summed E-state index contributed by atoms with van der Waals surface area (Å²) in [6.45, 7) is 2.54. The Balaban J connectivity index is 1.85. The quantitative estimate of drug-likeness (QED) is 0.857. The summed E-state index contributed by atoms with van der Waals surface area (Å²) < 4.78 is 0.